The summed E-state index contributed by atoms with van der Waals surface area (Å²) < 4.78 is 0. The number of aliphatic hydroxyl groups excluding tert-OH is 2. The Morgan fingerprint density at radius 1 is 0.556 bits per heavy atom. The van der Waals surface area contributed by atoms with Gasteiger partial charge in [0.2, 0.25) is 59.1 Å². The van der Waals surface area contributed by atoms with Gasteiger partial charge in [-0.3, -0.25) is 62.5 Å². The molecule has 0 fully saturated rings. The molecule has 3 rings (SSSR count). The minimum atomic E-state index is -2.03. The quantitative estimate of drug-likeness (QED) is 0.0143. The zero-order chi connectivity index (χ0) is 67.2. The highest BCUT2D eigenvalue weighted by Crippen LogP contribution is 2.20. The van der Waals surface area contributed by atoms with Crippen LogP contribution in [-0.4, -0.2) is 206 Å². The Morgan fingerprint density at radius 2 is 1.04 bits per heavy atom. The van der Waals surface area contributed by atoms with Gasteiger partial charge in [-0.2, -0.15) is 11.8 Å². The molecule has 0 aliphatic heterocycles. The highest BCUT2D eigenvalue weighted by molar-refractivity contribution is 7.98. The summed E-state index contributed by atoms with van der Waals surface area (Å²) in [5, 5.41) is 70.0. The van der Waals surface area contributed by atoms with Crippen molar-refractivity contribution in [2.45, 2.75) is 138 Å². The van der Waals surface area contributed by atoms with E-state index in [0.717, 1.165) is 0 Å². The van der Waals surface area contributed by atoms with E-state index >= 15 is 0 Å². The molecule has 0 aliphatic carbocycles. The predicted octanol–water partition coefficient (Wildman–Crippen LogP) is -5.22. The molecule has 90 heavy (non-hydrogen) atoms. The van der Waals surface area contributed by atoms with Gasteiger partial charge >= 0.3 is 17.9 Å². The van der Waals surface area contributed by atoms with Gasteiger partial charge in [-0.05, 0) is 60.8 Å². The zero-order valence-corrected chi connectivity index (χ0v) is 50.5. The number of benzene rings is 2. The Labute approximate surface area is 520 Å². The van der Waals surface area contributed by atoms with Crippen LogP contribution in [0, 0.1) is 5.92 Å². The van der Waals surface area contributed by atoms with Crippen molar-refractivity contribution < 1.29 is 87.9 Å². The number of nitrogens with zero attached hydrogens (tertiary/aromatic N) is 1. The van der Waals surface area contributed by atoms with Crippen molar-refractivity contribution in [2.24, 2.45) is 33.8 Å². The number of aromatic nitrogens is 1. The topological polar surface area (TPSA) is 564 Å². The average molecular weight is 1280 g/mol. The van der Waals surface area contributed by atoms with Crippen molar-refractivity contribution in [1.82, 2.24) is 52.8 Å². The van der Waals surface area contributed by atoms with E-state index in [2.05, 4.69) is 57.8 Å². The molecule has 0 aliphatic rings. The summed E-state index contributed by atoms with van der Waals surface area (Å²) in [6.07, 6.45) is -0.738. The van der Waals surface area contributed by atoms with E-state index in [9.17, 15) is 87.9 Å². The van der Waals surface area contributed by atoms with Crippen molar-refractivity contribution in [3.8, 4) is 0 Å². The Hall–Kier alpha value is -9.41. The molecular weight excluding hydrogens is 1200 g/mol. The third kappa shape index (κ3) is 25.4. The number of carbonyl (C=O) groups excluding carboxylic acids is 10. The number of hydrogen-bond donors (Lipinski definition) is 19. The second-order valence-electron chi connectivity index (χ2n) is 20.9. The molecule has 34 heteroatoms. The summed E-state index contributed by atoms with van der Waals surface area (Å²) >= 11 is 1.23. The van der Waals surface area contributed by atoms with Crippen LogP contribution in [0.15, 0.2) is 65.8 Å². The number of rotatable bonds is 41. The second kappa shape index (κ2) is 38.1. The second-order valence-corrected chi connectivity index (χ2v) is 21.8. The molecule has 0 unspecified atom stereocenters. The highest BCUT2D eigenvalue weighted by Gasteiger charge is 2.38. The number of amides is 10. The molecule has 494 valence electrons. The lowest BCUT2D eigenvalue weighted by Crippen LogP contribution is -2.61. The summed E-state index contributed by atoms with van der Waals surface area (Å²) in [7, 11) is 0. The third-order valence-corrected chi connectivity index (χ3v) is 14.6. The number of thioether (sulfide) groups is 1. The summed E-state index contributed by atoms with van der Waals surface area (Å²) in [6, 6.07) is -1.71. The van der Waals surface area contributed by atoms with Gasteiger partial charge in [0.15, 0.2) is 5.96 Å². The molecule has 0 bridgehead atoms. The lowest BCUT2D eigenvalue weighted by Gasteiger charge is -2.28. The minimum Gasteiger partial charge on any atom is -0.481 e. The van der Waals surface area contributed by atoms with E-state index in [1.165, 1.54) is 24.9 Å². The number of nitrogens with two attached hydrogens (primary N) is 4. The van der Waals surface area contributed by atoms with Crippen molar-refractivity contribution in [1.29, 1.82) is 0 Å². The van der Waals surface area contributed by atoms with Crippen LogP contribution in [-0.2, 0) is 75.2 Å². The SMILES string of the molecule is CC[C@H](C)[C@H](NC(=O)[C@H](CC(=O)O)NC(=O)[C@H](CC(N)=O)NC(=O)[C@H](Cc1c[nH]c2ccccc12)NC(=O)[C@H](CCSC)NC(=O)[C@H](CCC(=O)O)NC(=O)[C@H](Cc1ccccc1)NC(=O)[C@H](CCCN=C(N)N)NC(=O)[C@@H](N)CO)C(=O)N[C@@H](CO)C(=O)O. The number of aliphatic hydroxyl groups is 2. The smallest absolute Gasteiger partial charge is 0.328 e. The Kier molecular flexibility index (Phi) is 31.7. The molecular formula is C56H81N15O18S. The number of nitrogens with one attached hydrogen (secondary N) is 10. The molecule has 0 radical (unpaired) electrons. The summed E-state index contributed by atoms with van der Waals surface area (Å²) in [5.74, 6) is -16.5. The van der Waals surface area contributed by atoms with Crippen LogP contribution in [0.25, 0.3) is 10.9 Å². The Bertz CT molecular complexity index is 3020. The monoisotopic (exact) mass is 1280 g/mol. The minimum absolute atomic E-state index is 0.0222. The van der Waals surface area contributed by atoms with Gasteiger partial charge in [0, 0.05) is 42.9 Å². The number of primary amides is 1. The Balaban J connectivity index is 2.04. The number of carbonyl (C=O) groups is 13. The number of aliphatic imine (C=N–C) groups is 1. The molecule has 10 amide bonds. The average Bonchev–Trinajstić information content (AvgIpc) is 1.76. The van der Waals surface area contributed by atoms with Crippen LogP contribution in [0.4, 0.5) is 0 Å². The van der Waals surface area contributed by atoms with Gasteiger partial charge in [-0.25, -0.2) is 4.79 Å². The molecule has 0 saturated heterocycles. The first kappa shape index (κ1) is 74.8. The maximum absolute atomic E-state index is 14.7. The van der Waals surface area contributed by atoms with E-state index < -0.39 is 182 Å². The van der Waals surface area contributed by atoms with Crippen molar-refractivity contribution >= 4 is 106 Å². The number of para-hydroxylation sites is 1. The molecule has 11 atom stereocenters. The van der Waals surface area contributed by atoms with E-state index in [-0.39, 0.29) is 56.8 Å². The summed E-state index contributed by atoms with van der Waals surface area (Å²) in [4.78, 5) is 181. The van der Waals surface area contributed by atoms with Crippen LogP contribution in [0.1, 0.15) is 76.3 Å². The van der Waals surface area contributed by atoms with Crippen LogP contribution >= 0.6 is 11.8 Å². The molecule has 1 heterocycles. The zero-order valence-electron chi connectivity index (χ0n) is 49.7. The van der Waals surface area contributed by atoms with Gasteiger partial charge < -0.3 is 101 Å². The number of aliphatic carboxylic acids is 3. The highest BCUT2D eigenvalue weighted by atomic mass is 32.2. The van der Waals surface area contributed by atoms with Gasteiger partial charge in [0.25, 0.3) is 0 Å². The lowest BCUT2D eigenvalue weighted by atomic mass is 9.97. The van der Waals surface area contributed by atoms with Gasteiger partial charge in [0.1, 0.15) is 60.4 Å². The van der Waals surface area contributed by atoms with E-state index in [1.54, 1.807) is 67.8 Å². The van der Waals surface area contributed by atoms with Crippen LogP contribution in [0.5, 0.6) is 0 Å². The number of aromatic amines is 1. The van der Waals surface area contributed by atoms with Crippen molar-refractivity contribution in [2.75, 3.05) is 31.8 Å². The normalized spacial score (nSPS) is 14.7. The van der Waals surface area contributed by atoms with Gasteiger partial charge in [-0.1, -0.05) is 68.8 Å². The van der Waals surface area contributed by atoms with Crippen molar-refractivity contribution in [3.05, 3.63) is 71.9 Å². The number of hydrogen-bond acceptors (Lipinski definition) is 18. The molecule has 33 nitrogen and oxygen atoms in total. The number of carboxylic acids is 3. The van der Waals surface area contributed by atoms with Crippen LogP contribution in [0.2, 0.25) is 0 Å². The van der Waals surface area contributed by atoms with Gasteiger partial charge in [0.05, 0.1) is 26.1 Å². The number of guanidine groups is 1. The van der Waals surface area contributed by atoms with E-state index in [4.69, 9.17) is 22.9 Å². The first-order valence-corrected chi connectivity index (χ1v) is 29.8. The lowest BCUT2D eigenvalue weighted by molar-refractivity contribution is -0.144. The third-order valence-electron chi connectivity index (χ3n) is 13.9. The van der Waals surface area contributed by atoms with E-state index in [1.807, 2.05) is 0 Å². The maximum Gasteiger partial charge on any atom is 0.328 e. The standard InChI is InChI=1S/C56H81N15O18S/c1-4-28(2)45(54(87)70-41(27-73)55(88)89)71-53(86)40(24-44(77)78)69-52(85)39(23-42(58)74)68-51(84)38(22-30-25-62-33-14-9-8-13-31(30)33)67-49(82)36(18-20-90-3)65-48(81)35(16-17-43(75)76)64-50(83)37(21-29-11-6-5-7-12-29)66-47(80)34(15-10-19-61-56(59)60)63-46(79)32(57)26-72/h5-9,11-14,25,28,32,34-41,45,62,72-73H,4,10,15-24,26-27,57H2,1-3H3,(H2,58,74)(H,63,79)(H,64,83)(H,65,81)(H,66,80)(H,67,82)(H,68,84)(H,69,85)(H,70,87)(H,71,86)(H,75,76)(H,77,78)(H,88,89)(H4,59,60,61)/t28-,32-,34-,35-,36-,37-,38-,39-,40-,41-,45-/m0/s1. The number of fused-ring (bicyclic) bond motifs is 1. The number of carboxylic acid groups (broad SMARTS) is 3. The number of H-pyrrole nitrogens is 1. The van der Waals surface area contributed by atoms with E-state index in [0.29, 0.717) is 22.0 Å². The fourth-order valence-electron chi connectivity index (χ4n) is 8.79. The van der Waals surface area contributed by atoms with Gasteiger partial charge in [-0.15, -0.1) is 0 Å². The first-order valence-electron chi connectivity index (χ1n) is 28.4. The van der Waals surface area contributed by atoms with Crippen LogP contribution < -0.4 is 70.8 Å². The molecule has 3 aromatic rings. The Morgan fingerprint density at radius 3 is 1.58 bits per heavy atom. The molecule has 1 aromatic heterocycles. The summed E-state index contributed by atoms with van der Waals surface area (Å²) in [6.45, 7) is 1.32. The molecule has 0 spiro atoms. The van der Waals surface area contributed by atoms with Crippen molar-refractivity contribution in [3.63, 3.8) is 0 Å². The molecule has 23 N–H and O–H groups in total. The predicted molar refractivity (Wildman–Crippen MR) is 325 cm³/mol. The fourth-order valence-corrected chi connectivity index (χ4v) is 9.27. The first-order chi connectivity index (χ1) is 42.6. The maximum atomic E-state index is 14.7. The molecule has 0 saturated carbocycles. The summed E-state index contributed by atoms with van der Waals surface area (Å²) in [5.41, 5.74) is 23.6. The van der Waals surface area contributed by atoms with Crippen LogP contribution in [0.3, 0.4) is 0 Å². The fraction of sp³-hybridized carbons (Fsp3) is 0.500. The molecule has 2 aromatic carbocycles. The largest absolute Gasteiger partial charge is 0.481 e.